The van der Waals surface area contributed by atoms with Gasteiger partial charge in [0.2, 0.25) is 0 Å². The monoisotopic (exact) mass is 142 g/mol. The van der Waals surface area contributed by atoms with Crippen LogP contribution in [0, 0.1) is 0 Å². The van der Waals surface area contributed by atoms with Gasteiger partial charge in [-0.25, -0.2) is 4.99 Å². The Morgan fingerprint density at radius 2 is 2.40 bits per heavy atom. The normalized spacial score (nSPS) is 39.1. The van der Waals surface area contributed by atoms with Gasteiger partial charge in [-0.2, -0.15) is 0 Å². The van der Waals surface area contributed by atoms with Crippen LogP contribution in [0.15, 0.2) is 4.99 Å². The molecule has 0 radical (unpaired) electrons. The highest BCUT2D eigenvalue weighted by atomic mass is 16.5. The number of nitrogens with two attached hydrogens (primary N) is 1. The summed E-state index contributed by atoms with van der Waals surface area (Å²) in [5.41, 5.74) is 5.31. The van der Waals surface area contributed by atoms with E-state index in [0.717, 1.165) is 6.42 Å². The molecule has 3 nitrogen and oxygen atoms in total. The third-order valence-corrected chi connectivity index (χ3v) is 2.25. The number of rotatable bonds is 1. The zero-order chi connectivity index (χ0) is 7.78. The molecule has 0 fully saturated rings. The first-order chi connectivity index (χ1) is 4.58. The summed E-state index contributed by atoms with van der Waals surface area (Å²) in [5.74, 6) is 0. The Kier molecular flexibility index (Phi) is 1.58. The number of aliphatic imine (C=N–C) groups is 1. The van der Waals surface area contributed by atoms with E-state index >= 15 is 0 Å². The minimum atomic E-state index is -0.0932. The molecule has 0 saturated heterocycles. The number of ether oxygens (including phenoxy) is 1. The molecule has 58 valence electrons. The van der Waals surface area contributed by atoms with Crippen LogP contribution in [0.25, 0.3) is 0 Å². The van der Waals surface area contributed by atoms with Gasteiger partial charge in [0.15, 0.2) is 0 Å². The fourth-order valence-corrected chi connectivity index (χ4v) is 1.04. The first-order valence-corrected chi connectivity index (χ1v) is 3.60. The molecule has 10 heavy (non-hydrogen) atoms. The van der Waals surface area contributed by atoms with Crippen LogP contribution in [0.5, 0.6) is 0 Å². The van der Waals surface area contributed by atoms with E-state index in [4.69, 9.17) is 10.5 Å². The molecule has 1 aliphatic rings. The Balaban J connectivity index is 2.77. The second kappa shape index (κ2) is 2.15. The molecule has 1 aliphatic heterocycles. The Bertz CT molecular complexity index is 167. The van der Waals surface area contributed by atoms with Crippen LogP contribution in [-0.4, -0.2) is 17.7 Å². The predicted octanol–water partition coefficient (Wildman–Crippen LogP) is 0.889. The van der Waals surface area contributed by atoms with E-state index in [1.54, 1.807) is 0 Å². The van der Waals surface area contributed by atoms with Gasteiger partial charge in [-0.1, -0.05) is 6.92 Å². The molecule has 0 spiro atoms. The van der Waals surface area contributed by atoms with Gasteiger partial charge in [0.25, 0.3) is 6.02 Å². The Hall–Kier alpha value is -0.730. The lowest BCUT2D eigenvalue weighted by molar-refractivity contribution is 0.159. The van der Waals surface area contributed by atoms with Gasteiger partial charge in [0.1, 0.15) is 6.10 Å². The average molecular weight is 142 g/mol. The highest BCUT2D eigenvalue weighted by molar-refractivity contribution is 5.74. The molecule has 2 atom stereocenters. The summed E-state index contributed by atoms with van der Waals surface area (Å²) in [4.78, 5) is 4.19. The fourth-order valence-electron chi connectivity index (χ4n) is 1.04. The summed E-state index contributed by atoms with van der Waals surface area (Å²) >= 11 is 0. The maximum atomic E-state index is 5.40. The van der Waals surface area contributed by atoms with E-state index < -0.39 is 0 Å². The summed E-state index contributed by atoms with van der Waals surface area (Å²) < 4.78 is 5.20. The van der Waals surface area contributed by atoms with E-state index in [0.29, 0.717) is 6.02 Å². The summed E-state index contributed by atoms with van der Waals surface area (Å²) in [7, 11) is 0. The van der Waals surface area contributed by atoms with E-state index in [2.05, 4.69) is 18.8 Å². The Morgan fingerprint density at radius 1 is 1.80 bits per heavy atom. The van der Waals surface area contributed by atoms with Crippen molar-refractivity contribution in [3.8, 4) is 0 Å². The molecule has 1 rings (SSSR count). The van der Waals surface area contributed by atoms with Gasteiger partial charge in [0, 0.05) is 0 Å². The number of hydrogen-bond acceptors (Lipinski definition) is 3. The van der Waals surface area contributed by atoms with Crippen LogP contribution < -0.4 is 5.73 Å². The molecule has 0 aliphatic carbocycles. The molecule has 1 heterocycles. The van der Waals surface area contributed by atoms with Crippen LogP contribution >= 0.6 is 0 Å². The maximum Gasteiger partial charge on any atom is 0.282 e. The van der Waals surface area contributed by atoms with Crippen molar-refractivity contribution in [1.82, 2.24) is 0 Å². The van der Waals surface area contributed by atoms with Crippen molar-refractivity contribution < 1.29 is 4.74 Å². The van der Waals surface area contributed by atoms with Crippen molar-refractivity contribution in [2.24, 2.45) is 10.7 Å². The van der Waals surface area contributed by atoms with Crippen LogP contribution in [-0.2, 0) is 4.74 Å². The van der Waals surface area contributed by atoms with Crippen molar-refractivity contribution >= 4 is 6.02 Å². The molecule has 0 aromatic carbocycles. The first-order valence-electron chi connectivity index (χ1n) is 3.60. The molecule has 0 bridgehead atoms. The molecule has 3 heteroatoms. The van der Waals surface area contributed by atoms with Gasteiger partial charge < -0.3 is 10.5 Å². The number of hydrogen-bond donors (Lipinski definition) is 1. The van der Waals surface area contributed by atoms with Crippen LogP contribution in [0.3, 0.4) is 0 Å². The molecule has 2 unspecified atom stereocenters. The summed E-state index contributed by atoms with van der Waals surface area (Å²) in [6, 6.07) is 0.330. The lowest BCUT2D eigenvalue weighted by Crippen LogP contribution is -2.31. The van der Waals surface area contributed by atoms with Gasteiger partial charge in [-0.05, 0) is 20.3 Å². The van der Waals surface area contributed by atoms with Crippen molar-refractivity contribution in [2.75, 3.05) is 0 Å². The minimum absolute atomic E-state index is 0.0932. The lowest BCUT2D eigenvalue weighted by Gasteiger charge is -2.21. The van der Waals surface area contributed by atoms with Crippen LogP contribution in [0.2, 0.25) is 0 Å². The van der Waals surface area contributed by atoms with E-state index in [9.17, 15) is 0 Å². The van der Waals surface area contributed by atoms with Gasteiger partial charge in [0.05, 0.1) is 5.54 Å². The highest BCUT2D eigenvalue weighted by Crippen LogP contribution is 2.26. The van der Waals surface area contributed by atoms with Crippen LogP contribution in [0.4, 0.5) is 0 Å². The predicted molar refractivity (Wildman–Crippen MR) is 40.9 cm³/mol. The third-order valence-electron chi connectivity index (χ3n) is 2.25. The van der Waals surface area contributed by atoms with Crippen LogP contribution in [0.1, 0.15) is 27.2 Å². The lowest BCUT2D eigenvalue weighted by atomic mass is 9.94. The molecule has 0 aromatic rings. The van der Waals surface area contributed by atoms with Gasteiger partial charge in [-0.3, -0.25) is 0 Å². The second-order valence-electron chi connectivity index (χ2n) is 2.92. The fraction of sp³-hybridized carbons (Fsp3) is 0.857. The molecule has 0 aromatic heterocycles. The third kappa shape index (κ3) is 0.958. The van der Waals surface area contributed by atoms with Crippen molar-refractivity contribution in [3.63, 3.8) is 0 Å². The molecular weight excluding hydrogens is 128 g/mol. The zero-order valence-corrected chi connectivity index (χ0v) is 6.72. The molecular formula is C7H14N2O. The summed E-state index contributed by atoms with van der Waals surface area (Å²) in [6.07, 6.45) is 1.09. The van der Waals surface area contributed by atoms with E-state index in [1.165, 1.54) is 0 Å². The summed E-state index contributed by atoms with van der Waals surface area (Å²) in [6.45, 7) is 6.13. The Morgan fingerprint density at radius 3 is 2.60 bits per heavy atom. The standard InChI is InChI=1S/C7H14N2O/c1-4-7(3)5(2)10-6(8)9-7/h5H,4H2,1-3H3,(H2,8,9). The summed E-state index contributed by atoms with van der Waals surface area (Å²) in [5, 5.41) is 0. The van der Waals surface area contributed by atoms with E-state index in [-0.39, 0.29) is 11.6 Å². The van der Waals surface area contributed by atoms with Crippen molar-refractivity contribution in [3.05, 3.63) is 0 Å². The molecule has 2 N–H and O–H groups in total. The topological polar surface area (TPSA) is 47.6 Å². The number of amidine groups is 1. The smallest absolute Gasteiger partial charge is 0.282 e. The highest BCUT2D eigenvalue weighted by Gasteiger charge is 2.36. The van der Waals surface area contributed by atoms with E-state index in [1.807, 2.05) is 6.92 Å². The van der Waals surface area contributed by atoms with Gasteiger partial charge in [-0.15, -0.1) is 0 Å². The minimum Gasteiger partial charge on any atom is -0.460 e. The number of nitrogens with zero attached hydrogens (tertiary/aromatic N) is 1. The Labute approximate surface area is 61.3 Å². The zero-order valence-electron chi connectivity index (χ0n) is 6.72. The SMILES string of the molecule is CCC1(C)N=C(N)OC1C. The average Bonchev–Trinajstić information content (AvgIpc) is 2.09. The maximum absolute atomic E-state index is 5.40. The quantitative estimate of drug-likeness (QED) is 0.591. The largest absolute Gasteiger partial charge is 0.460 e. The van der Waals surface area contributed by atoms with Crippen molar-refractivity contribution in [1.29, 1.82) is 0 Å². The molecule has 0 amide bonds. The first kappa shape index (κ1) is 7.38. The molecule has 0 saturated carbocycles. The second-order valence-corrected chi connectivity index (χ2v) is 2.92. The van der Waals surface area contributed by atoms with Crippen molar-refractivity contribution in [2.45, 2.75) is 38.8 Å². The van der Waals surface area contributed by atoms with Gasteiger partial charge >= 0.3 is 0 Å².